The molecule has 0 aromatic rings. The summed E-state index contributed by atoms with van der Waals surface area (Å²) in [4.78, 5) is 20.2. The number of carboxylic acids is 1. The maximum Gasteiger partial charge on any atom is 0.307 e. The molecule has 0 bridgehead atoms. The number of hydrogen-bond donors (Lipinski definition) is 1. The molecule has 1 saturated carbocycles. The molecule has 0 aliphatic heterocycles. The lowest BCUT2D eigenvalue weighted by atomic mass is 10.3. The molecule has 0 unspecified atom stereocenters. The van der Waals surface area contributed by atoms with Crippen molar-refractivity contribution in [3.8, 4) is 0 Å². The highest BCUT2D eigenvalue weighted by atomic mass is 16.4. The number of rotatable bonds is 2. The van der Waals surface area contributed by atoms with Crippen LogP contribution in [0.2, 0.25) is 0 Å². The fourth-order valence-electron chi connectivity index (χ4n) is 1.09. The van der Waals surface area contributed by atoms with Crippen molar-refractivity contribution in [3.05, 3.63) is 0 Å². The minimum atomic E-state index is -0.848. The van der Waals surface area contributed by atoms with Crippen LogP contribution >= 0.6 is 0 Å². The molecule has 3 atom stereocenters. The first-order valence-electron chi connectivity index (χ1n) is 2.86. The molecular weight excluding hydrogens is 120 g/mol. The number of aldehydes is 1. The highest BCUT2D eigenvalue weighted by molar-refractivity contribution is 5.81. The molecule has 0 saturated heterocycles. The number of carbonyl (C=O) groups excluding carboxylic acids is 1. The summed E-state index contributed by atoms with van der Waals surface area (Å²) >= 11 is 0. The Balaban J connectivity index is 2.51. The van der Waals surface area contributed by atoms with Crippen LogP contribution in [0.15, 0.2) is 0 Å². The first-order valence-corrected chi connectivity index (χ1v) is 2.86. The number of aliphatic carboxylic acids is 1. The average Bonchev–Trinajstić information content (AvgIpc) is 2.40. The van der Waals surface area contributed by atoms with Gasteiger partial charge in [-0.15, -0.1) is 0 Å². The first-order chi connectivity index (χ1) is 4.18. The van der Waals surface area contributed by atoms with Gasteiger partial charge in [0, 0.05) is 5.92 Å². The van der Waals surface area contributed by atoms with Crippen molar-refractivity contribution in [1.29, 1.82) is 0 Å². The fourth-order valence-corrected chi connectivity index (χ4v) is 1.09. The van der Waals surface area contributed by atoms with Crippen molar-refractivity contribution in [2.45, 2.75) is 6.92 Å². The average molecular weight is 128 g/mol. The maximum atomic E-state index is 10.2. The van der Waals surface area contributed by atoms with Crippen molar-refractivity contribution in [2.75, 3.05) is 0 Å². The zero-order valence-electron chi connectivity index (χ0n) is 5.07. The molecule has 1 N–H and O–H groups in total. The van der Waals surface area contributed by atoms with E-state index in [0.29, 0.717) is 0 Å². The Kier molecular flexibility index (Phi) is 1.27. The minimum Gasteiger partial charge on any atom is -0.481 e. The fraction of sp³-hybridized carbons (Fsp3) is 0.667. The summed E-state index contributed by atoms with van der Waals surface area (Å²) in [6, 6.07) is 0. The summed E-state index contributed by atoms with van der Waals surface area (Å²) < 4.78 is 0. The lowest BCUT2D eigenvalue weighted by molar-refractivity contribution is -0.139. The van der Waals surface area contributed by atoms with E-state index in [0.717, 1.165) is 6.29 Å². The molecule has 1 fully saturated rings. The maximum absolute atomic E-state index is 10.2. The van der Waals surface area contributed by atoms with Crippen LogP contribution in [0.3, 0.4) is 0 Å². The van der Waals surface area contributed by atoms with E-state index in [4.69, 9.17) is 5.11 Å². The van der Waals surface area contributed by atoms with E-state index in [1.165, 1.54) is 0 Å². The van der Waals surface area contributed by atoms with Crippen LogP contribution in [0.4, 0.5) is 0 Å². The summed E-state index contributed by atoms with van der Waals surface area (Å²) in [6.45, 7) is 1.78. The largest absolute Gasteiger partial charge is 0.481 e. The molecule has 50 valence electrons. The predicted molar refractivity (Wildman–Crippen MR) is 29.8 cm³/mol. The zero-order chi connectivity index (χ0) is 7.02. The van der Waals surface area contributed by atoms with Crippen molar-refractivity contribution in [2.24, 2.45) is 17.8 Å². The van der Waals surface area contributed by atoms with Gasteiger partial charge < -0.3 is 9.90 Å². The van der Waals surface area contributed by atoms with E-state index >= 15 is 0 Å². The van der Waals surface area contributed by atoms with E-state index in [1.807, 2.05) is 0 Å². The van der Waals surface area contributed by atoms with Gasteiger partial charge in [-0.3, -0.25) is 4.79 Å². The third kappa shape index (κ3) is 0.823. The zero-order valence-corrected chi connectivity index (χ0v) is 5.07. The number of hydrogen-bond acceptors (Lipinski definition) is 2. The number of carboxylic acid groups (broad SMARTS) is 1. The summed E-state index contributed by atoms with van der Waals surface area (Å²) in [7, 11) is 0. The van der Waals surface area contributed by atoms with Gasteiger partial charge in [0.15, 0.2) is 0 Å². The topological polar surface area (TPSA) is 54.4 Å². The van der Waals surface area contributed by atoms with Gasteiger partial charge in [0.1, 0.15) is 6.29 Å². The Morgan fingerprint density at radius 1 is 1.67 bits per heavy atom. The van der Waals surface area contributed by atoms with Crippen LogP contribution in [0, 0.1) is 17.8 Å². The molecule has 1 rings (SSSR count). The molecule has 0 spiro atoms. The lowest BCUT2D eigenvalue weighted by Gasteiger charge is -1.80. The molecular formula is C6H8O3. The molecule has 1 aliphatic carbocycles. The smallest absolute Gasteiger partial charge is 0.307 e. The molecule has 3 nitrogen and oxygen atoms in total. The van der Waals surface area contributed by atoms with Gasteiger partial charge in [0.05, 0.1) is 5.92 Å². The number of carbonyl (C=O) groups is 2. The molecule has 9 heavy (non-hydrogen) atoms. The Morgan fingerprint density at radius 2 is 2.22 bits per heavy atom. The Bertz CT molecular complexity index is 152. The standard InChI is InChI=1S/C6H8O3/c1-3-4(2-7)5(3)6(8)9/h2-5H,1H3,(H,8,9)/t3-,4-,5+/m0/s1. The third-order valence-electron chi connectivity index (χ3n) is 1.89. The van der Waals surface area contributed by atoms with Crippen LogP contribution in [-0.2, 0) is 9.59 Å². The van der Waals surface area contributed by atoms with Crippen LogP contribution < -0.4 is 0 Å². The Morgan fingerprint density at radius 3 is 2.33 bits per heavy atom. The van der Waals surface area contributed by atoms with E-state index < -0.39 is 11.9 Å². The quantitative estimate of drug-likeness (QED) is 0.538. The van der Waals surface area contributed by atoms with Crippen molar-refractivity contribution in [1.82, 2.24) is 0 Å². The normalized spacial score (nSPS) is 39.9. The second-order valence-electron chi connectivity index (χ2n) is 2.44. The summed E-state index contributed by atoms with van der Waals surface area (Å²) in [5.41, 5.74) is 0. The van der Waals surface area contributed by atoms with Crippen LogP contribution in [0.25, 0.3) is 0 Å². The molecule has 3 heteroatoms. The minimum absolute atomic E-state index is 0.0556. The summed E-state index contributed by atoms with van der Waals surface area (Å²) in [5, 5.41) is 8.37. The summed E-state index contributed by atoms with van der Waals surface area (Å²) in [6.07, 6.45) is 0.726. The Hall–Kier alpha value is -0.860. The van der Waals surface area contributed by atoms with Crippen LogP contribution in [0.5, 0.6) is 0 Å². The van der Waals surface area contributed by atoms with Gasteiger partial charge >= 0.3 is 5.97 Å². The van der Waals surface area contributed by atoms with Gasteiger partial charge in [-0.1, -0.05) is 6.92 Å². The van der Waals surface area contributed by atoms with Crippen molar-refractivity contribution < 1.29 is 14.7 Å². The SMILES string of the molecule is C[C@H]1[C@H](C=O)[C@@H]1C(=O)O. The molecule has 0 aromatic heterocycles. The first kappa shape index (κ1) is 6.26. The molecule has 0 aromatic carbocycles. The van der Waals surface area contributed by atoms with E-state index in [2.05, 4.69) is 0 Å². The van der Waals surface area contributed by atoms with Crippen LogP contribution in [-0.4, -0.2) is 17.4 Å². The second-order valence-corrected chi connectivity index (χ2v) is 2.44. The third-order valence-corrected chi connectivity index (χ3v) is 1.89. The van der Waals surface area contributed by atoms with Gasteiger partial charge in [0.2, 0.25) is 0 Å². The van der Waals surface area contributed by atoms with Gasteiger partial charge in [-0.25, -0.2) is 0 Å². The second kappa shape index (κ2) is 1.83. The van der Waals surface area contributed by atoms with Crippen molar-refractivity contribution in [3.63, 3.8) is 0 Å². The van der Waals surface area contributed by atoms with E-state index in [9.17, 15) is 9.59 Å². The highest BCUT2D eigenvalue weighted by Gasteiger charge is 2.51. The van der Waals surface area contributed by atoms with Crippen LogP contribution in [0.1, 0.15) is 6.92 Å². The van der Waals surface area contributed by atoms with Gasteiger partial charge in [0.25, 0.3) is 0 Å². The van der Waals surface area contributed by atoms with Gasteiger partial charge in [-0.2, -0.15) is 0 Å². The van der Waals surface area contributed by atoms with Crippen molar-refractivity contribution >= 4 is 12.3 Å². The Labute approximate surface area is 52.7 Å². The summed E-state index contributed by atoms with van der Waals surface area (Å²) in [5.74, 6) is -1.41. The van der Waals surface area contributed by atoms with E-state index in [1.54, 1.807) is 6.92 Å². The monoisotopic (exact) mass is 128 g/mol. The lowest BCUT2D eigenvalue weighted by Crippen LogP contribution is -2.00. The molecule has 0 radical (unpaired) electrons. The predicted octanol–water partition coefficient (Wildman–Crippen LogP) is 0.152. The molecule has 0 heterocycles. The van der Waals surface area contributed by atoms with Gasteiger partial charge in [-0.05, 0) is 5.92 Å². The molecule has 0 amide bonds. The highest BCUT2D eigenvalue weighted by Crippen LogP contribution is 2.44. The van der Waals surface area contributed by atoms with E-state index in [-0.39, 0.29) is 11.8 Å². The molecule has 1 aliphatic rings.